The Labute approximate surface area is 194 Å². The number of rotatable bonds is 5. The average molecular weight is 563 g/mol. The van der Waals surface area contributed by atoms with Crippen LogP contribution in [0, 0.1) is 5.92 Å². The van der Waals surface area contributed by atoms with E-state index in [4.69, 9.17) is 4.74 Å². The van der Waals surface area contributed by atoms with E-state index in [-0.39, 0.29) is 29.4 Å². The molecule has 0 spiro atoms. The predicted octanol–water partition coefficient (Wildman–Crippen LogP) is 3.33. The van der Waals surface area contributed by atoms with Crippen LogP contribution in [0.15, 0.2) is 33.7 Å². The maximum Gasteiger partial charge on any atom is 0.193 e. The zero-order valence-electron chi connectivity index (χ0n) is 16.7. The van der Waals surface area contributed by atoms with E-state index >= 15 is 0 Å². The number of ether oxygens (including phenoxy) is 1. The van der Waals surface area contributed by atoms with E-state index in [2.05, 4.69) is 60.3 Å². The van der Waals surface area contributed by atoms with E-state index in [9.17, 15) is 0 Å². The minimum atomic E-state index is 0. The van der Waals surface area contributed by atoms with Gasteiger partial charge in [-0.15, -0.1) is 24.0 Å². The predicted molar refractivity (Wildman–Crippen MR) is 129 cm³/mol. The van der Waals surface area contributed by atoms with Crippen LogP contribution in [-0.2, 0) is 10.2 Å². The van der Waals surface area contributed by atoms with Gasteiger partial charge in [0, 0.05) is 56.2 Å². The number of likely N-dealkylation sites (tertiary alicyclic amines) is 1. The molecule has 4 rings (SSSR count). The minimum Gasteiger partial charge on any atom is -0.379 e. The van der Waals surface area contributed by atoms with Gasteiger partial charge >= 0.3 is 0 Å². The number of halogens is 2. The van der Waals surface area contributed by atoms with Gasteiger partial charge in [-0.25, -0.2) is 0 Å². The highest BCUT2D eigenvalue weighted by Crippen LogP contribution is 2.49. The molecular formula is C21H32BrIN4O. The van der Waals surface area contributed by atoms with Gasteiger partial charge in [0.25, 0.3) is 0 Å². The number of benzene rings is 1. The van der Waals surface area contributed by atoms with Crippen LogP contribution in [0.5, 0.6) is 0 Å². The summed E-state index contributed by atoms with van der Waals surface area (Å²) in [6.45, 7) is 8.31. The van der Waals surface area contributed by atoms with Crippen LogP contribution in [0.4, 0.5) is 0 Å². The highest BCUT2D eigenvalue weighted by molar-refractivity contribution is 14.0. The Balaban J connectivity index is 0.00000225. The molecule has 2 aliphatic heterocycles. The second-order valence-electron chi connectivity index (χ2n) is 8.17. The maximum atomic E-state index is 5.47. The van der Waals surface area contributed by atoms with E-state index in [1.165, 1.54) is 35.8 Å². The normalized spacial score (nSPS) is 24.7. The number of hydrogen-bond acceptors (Lipinski definition) is 3. The van der Waals surface area contributed by atoms with Gasteiger partial charge in [-0.2, -0.15) is 0 Å². The molecule has 3 fully saturated rings. The Hall–Kier alpha value is -0.380. The summed E-state index contributed by atoms with van der Waals surface area (Å²) in [6, 6.07) is 8.65. The first-order chi connectivity index (χ1) is 13.2. The van der Waals surface area contributed by atoms with Gasteiger partial charge in [-0.05, 0) is 36.8 Å². The van der Waals surface area contributed by atoms with Crippen molar-refractivity contribution in [1.82, 2.24) is 15.1 Å². The quantitative estimate of drug-likeness (QED) is 0.339. The fourth-order valence-electron chi connectivity index (χ4n) is 4.49. The summed E-state index contributed by atoms with van der Waals surface area (Å²) >= 11 is 3.74. The molecule has 1 aromatic rings. The smallest absolute Gasteiger partial charge is 0.193 e. The lowest BCUT2D eigenvalue weighted by Gasteiger charge is -2.29. The summed E-state index contributed by atoms with van der Waals surface area (Å²) in [5.74, 6) is 1.80. The Bertz CT molecular complexity index is 676. The van der Waals surface area contributed by atoms with Gasteiger partial charge in [0.05, 0.1) is 13.2 Å². The Morgan fingerprint density at radius 1 is 1.25 bits per heavy atom. The van der Waals surface area contributed by atoms with E-state index in [0.717, 1.165) is 57.8 Å². The Morgan fingerprint density at radius 2 is 2.00 bits per heavy atom. The van der Waals surface area contributed by atoms with Gasteiger partial charge < -0.3 is 15.0 Å². The molecule has 1 aromatic carbocycles. The topological polar surface area (TPSA) is 40.1 Å². The molecular weight excluding hydrogens is 531 g/mol. The Morgan fingerprint density at radius 3 is 2.68 bits per heavy atom. The summed E-state index contributed by atoms with van der Waals surface area (Å²) in [7, 11) is 1.91. The van der Waals surface area contributed by atoms with Crippen LogP contribution in [-0.4, -0.2) is 75.3 Å². The van der Waals surface area contributed by atoms with Crippen LogP contribution >= 0.6 is 39.9 Å². The number of morpholine rings is 1. The number of guanidine groups is 1. The molecule has 2 saturated heterocycles. The molecule has 28 heavy (non-hydrogen) atoms. The summed E-state index contributed by atoms with van der Waals surface area (Å²) in [6.07, 6.45) is 3.76. The molecule has 1 saturated carbocycles. The van der Waals surface area contributed by atoms with Gasteiger partial charge in [0.2, 0.25) is 0 Å². The molecule has 3 aliphatic rings. The van der Waals surface area contributed by atoms with Crippen LogP contribution in [0.3, 0.4) is 0 Å². The highest BCUT2D eigenvalue weighted by Gasteiger charge is 2.45. The van der Waals surface area contributed by atoms with Crippen molar-refractivity contribution in [3.05, 3.63) is 34.3 Å². The lowest BCUT2D eigenvalue weighted by Crippen LogP contribution is -2.44. The van der Waals surface area contributed by atoms with E-state index in [1.54, 1.807) is 0 Å². The monoisotopic (exact) mass is 562 g/mol. The first-order valence-electron chi connectivity index (χ1n) is 10.2. The van der Waals surface area contributed by atoms with E-state index in [1.807, 2.05) is 7.05 Å². The maximum absolute atomic E-state index is 5.47. The zero-order chi connectivity index (χ0) is 18.7. The average Bonchev–Trinajstić information content (AvgIpc) is 3.34. The molecule has 2 heterocycles. The summed E-state index contributed by atoms with van der Waals surface area (Å²) < 4.78 is 6.70. The molecule has 0 radical (unpaired) electrons. The molecule has 1 N–H and O–H groups in total. The third-order valence-electron chi connectivity index (χ3n) is 6.30. The molecule has 1 aliphatic carbocycles. The lowest BCUT2D eigenvalue weighted by atomic mass is 9.96. The molecule has 5 nitrogen and oxygen atoms in total. The SMILES string of the molecule is CN=C(NCC1(c2ccccc2Br)CC1)N1CCC(CN2CCOCC2)C1.I. The van der Waals surface area contributed by atoms with Crippen molar-refractivity contribution in [2.24, 2.45) is 10.9 Å². The van der Waals surface area contributed by atoms with Crippen molar-refractivity contribution in [2.45, 2.75) is 24.7 Å². The third kappa shape index (κ3) is 5.21. The van der Waals surface area contributed by atoms with Gasteiger partial charge in [0.1, 0.15) is 0 Å². The number of aliphatic imine (C=N–C) groups is 1. The third-order valence-corrected chi connectivity index (χ3v) is 6.99. The Kier molecular flexibility index (Phi) is 8.04. The van der Waals surface area contributed by atoms with Crippen molar-refractivity contribution in [1.29, 1.82) is 0 Å². The van der Waals surface area contributed by atoms with Gasteiger partial charge in [0.15, 0.2) is 5.96 Å². The van der Waals surface area contributed by atoms with Crippen molar-refractivity contribution in [2.75, 3.05) is 59.5 Å². The van der Waals surface area contributed by atoms with Gasteiger partial charge in [-0.1, -0.05) is 34.1 Å². The van der Waals surface area contributed by atoms with Crippen molar-refractivity contribution in [3.63, 3.8) is 0 Å². The van der Waals surface area contributed by atoms with Crippen LogP contribution in [0.2, 0.25) is 0 Å². The molecule has 1 unspecified atom stereocenters. The van der Waals surface area contributed by atoms with E-state index in [0.29, 0.717) is 0 Å². The first-order valence-corrected chi connectivity index (χ1v) is 11.0. The second-order valence-corrected chi connectivity index (χ2v) is 9.03. The standard InChI is InChI=1S/C21H31BrN4O.HI/c1-23-20(24-16-21(7-8-21)18-4-2-3-5-19(18)22)26-9-6-17(15-26)14-25-10-12-27-13-11-25;/h2-5,17H,6-16H2,1H3,(H,23,24);1H. The molecule has 0 aromatic heterocycles. The zero-order valence-corrected chi connectivity index (χ0v) is 20.6. The largest absolute Gasteiger partial charge is 0.379 e. The molecule has 1 atom stereocenters. The molecule has 156 valence electrons. The highest BCUT2D eigenvalue weighted by atomic mass is 127. The summed E-state index contributed by atoms with van der Waals surface area (Å²) in [5.41, 5.74) is 1.70. The minimum absolute atomic E-state index is 0. The first kappa shape index (κ1) is 22.3. The molecule has 7 heteroatoms. The lowest BCUT2D eigenvalue weighted by molar-refractivity contribution is 0.0315. The fraction of sp³-hybridized carbons (Fsp3) is 0.667. The number of nitrogens with zero attached hydrogens (tertiary/aromatic N) is 3. The van der Waals surface area contributed by atoms with Crippen molar-refractivity contribution < 1.29 is 4.74 Å². The molecule has 0 bridgehead atoms. The summed E-state index contributed by atoms with van der Waals surface area (Å²) in [5, 5.41) is 3.69. The molecule has 0 amide bonds. The van der Waals surface area contributed by atoms with E-state index < -0.39 is 0 Å². The van der Waals surface area contributed by atoms with Crippen LogP contribution in [0.25, 0.3) is 0 Å². The second kappa shape index (κ2) is 10.1. The fourth-order valence-corrected chi connectivity index (χ4v) is 5.19. The van der Waals surface area contributed by atoms with Gasteiger partial charge in [-0.3, -0.25) is 9.89 Å². The summed E-state index contributed by atoms with van der Waals surface area (Å²) in [4.78, 5) is 9.59. The van der Waals surface area contributed by atoms with Crippen molar-refractivity contribution >= 4 is 45.9 Å². The number of nitrogens with one attached hydrogen (secondary N) is 1. The van der Waals surface area contributed by atoms with Crippen molar-refractivity contribution in [3.8, 4) is 0 Å². The van der Waals surface area contributed by atoms with Crippen LogP contribution < -0.4 is 5.32 Å². The van der Waals surface area contributed by atoms with Crippen LogP contribution in [0.1, 0.15) is 24.8 Å². The number of hydrogen-bond donors (Lipinski definition) is 1.